The van der Waals surface area contributed by atoms with Gasteiger partial charge in [-0.15, -0.1) is 18.0 Å². The van der Waals surface area contributed by atoms with E-state index in [-0.39, 0.29) is 12.5 Å². The van der Waals surface area contributed by atoms with E-state index < -0.39 is 14.0 Å². The summed E-state index contributed by atoms with van der Waals surface area (Å²) >= 11 is 0. The van der Waals surface area contributed by atoms with Gasteiger partial charge in [0, 0.05) is 12.8 Å². The molecule has 98 valence electrons. The number of carbonyl (C=O) groups is 1. The van der Waals surface area contributed by atoms with E-state index in [2.05, 4.69) is 37.7 Å². The Morgan fingerprint density at radius 2 is 1.94 bits per heavy atom. The molecule has 0 saturated heterocycles. The van der Waals surface area contributed by atoms with Crippen molar-refractivity contribution in [1.29, 1.82) is 0 Å². The summed E-state index contributed by atoms with van der Waals surface area (Å²) in [6, 6.07) is 0. The van der Waals surface area contributed by atoms with E-state index in [1.54, 1.807) is 13.0 Å². The van der Waals surface area contributed by atoms with Crippen molar-refractivity contribution < 1.29 is 15.0 Å². The molecule has 0 fully saturated rings. The highest BCUT2D eigenvalue weighted by atomic mass is 28.3. The molecule has 0 heterocycles. The van der Waals surface area contributed by atoms with Crippen LogP contribution in [0.1, 0.15) is 26.2 Å². The van der Waals surface area contributed by atoms with Crippen LogP contribution in [0.5, 0.6) is 0 Å². The third-order valence-corrected chi connectivity index (χ3v) is 2.53. The molecule has 0 saturated carbocycles. The third kappa shape index (κ3) is 20.9. The smallest absolute Gasteiger partial charge is 0.303 e. The van der Waals surface area contributed by atoms with Crippen molar-refractivity contribution in [3.8, 4) is 11.5 Å². The van der Waals surface area contributed by atoms with Crippen LogP contribution in [0.2, 0.25) is 19.6 Å². The lowest BCUT2D eigenvalue weighted by Gasteiger charge is -2.04. The molecule has 0 aromatic rings. The lowest BCUT2D eigenvalue weighted by molar-refractivity contribution is -0.136. The highest BCUT2D eigenvalue weighted by molar-refractivity contribution is 6.83. The summed E-state index contributed by atoms with van der Waals surface area (Å²) in [5.41, 5.74) is 3.24. The maximum Gasteiger partial charge on any atom is 0.303 e. The largest absolute Gasteiger partial charge is 0.481 e. The minimum absolute atomic E-state index is 0.222. The molecular formula is C13H24O3Si. The Hall–Kier alpha value is -1.05. The summed E-state index contributed by atoms with van der Waals surface area (Å²) in [4.78, 5) is 9.37. The van der Waals surface area contributed by atoms with Gasteiger partial charge in [0.05, 0.1) is 6.10 Å². The van der Waals surface area contributed by atoms with Gasteiger partial charge in [0.2, 0.25) is 0 Å². The monoisotopic (exact) mass is 256 g/mol. The molecule has 0 rings (SSSR count). The first-order valence-corrected chi connectivity index (χ1v) is 9.25. The SMILES string of the molecule is C=CC(O)CCC#C[Si](C)(C)C.CCC(=O)O. The van der Waals surface area contributed by atoms with E-state index in [1.165, 1.54) is 0 Å². The molecular weight excluding hydrogens is 232 g/mol. The van der Waals surface area contributed by atoms with Gasteiger partial charge in [-0.3, -0.25) is 4.79 Å². The standard InChI is InChI=1S/C10H18OSi.C3H6O2/c1-5-10(11)8-6-7-9-12(2,3)4;1-2-3(4)5/h5,10-11H,1,6,8H2,2-4H3;2H2,1H3,(H,4,5). The molecule has 0 aromatic heterocycles. The Morgan fingerprint density at radius 3 is 2.24 bits per heavy atom. The average molecular weight is 256 g/mol. The van der Waals surface area contributed by atoms with Crippen LogP contribution in [-0.2, 0) is 4.79 Å². The number of hydrogen-bond donors (Lipinski definition) is 2. The molecule has 0 amide bonds. The first kappa shape index (κ1) is 18.3. The lowest BCUT2D eigenvalue weighted by Crippen LogP contribution is -2.16. The van der Waals surface area contributed by atoms with Gasteiger partial charge in [-0.2, -0.15) is 0 Å². The summed E-state index contributed by atoms with van der Waals surface area (Å²) in [5.74, 6) is 2.35. The summed E-state index contributed by atoms with van der Waals surface area (Å²) in [7, 11) is -1.21. The first-order chi connectivity index (χ1) is 7.72. The van der Waals surface area contributed by atoms with Crippen molar-refractivity contribution >= 4 is 14.0 Å². The first-order valence-electron chi connectivity index (χ1n) is 5.75. The zero-order valence-corrected chi connectivity index (χ0v) is 12.3. The number of carboxylic acids is 1. The minimum atomic E-state index is -1.21. The molecule has 1 unspecified atom stereocenters. The fraction of sp³-hybridized carbons (Fsp3) is 0.615. The molecule has 0 bridgehead atoms. The number of aliphatic hydroxyl groups excluding tert-OH is 1. The molecule has 0 spiro atoms. The summed E-state index contributed by atoms with van der Waals surface area (Å²) in [5, 5.41) is 16.8. The molecule has 0 aromatic carbocycles. The number of aliphatic carboxylic acids is 1. The molecule has 1 atom stereocenters. The van der Waals surface area contributed by atoms with Crippen LogP contribution in [-0.4, -0.2) is 30.4 Å². The predicted octanol–water partition coefficient (Wildman–Crippen LogP) is 2.68. The van der Waals surface area contributed by atoms with Crippen LogP contribution in [0.3, 0.4) is 0 Å². The highest BCUT2D eigenvalue weighted by Crippen LogP contribution is 1.99. The van der Waals surface area contributed by atoms with Crippen molar-refractivity contribution in [2.45, 2.75) is 51.9 Å². The number of carboxylic acid groups (broad SMARTS) is 1. The highest BCUT2D eigenvalue weighted by Gasteiger charge is 2.06. The maximum absolute atomic E-state index is 9.37. The molecule has 2 N–H and O–H groups in total. The minimum Gasteiger partial charge on any atom is -0.481 e. The van der Waals surface area contributed by atoms with Gasteiger partial charge in [-0.25, -0.2) is 0 Å². The van der Waals surface area contributed by atoms with E-state index in [9.17, 15) is 4.79 Å². The Balaban J connectivity index is 0. The lowest BCUT2D eigenvalue weighted by atomic mass is 10.2. The van der Waals surface area contributed by atoms with Gasteiger partial charge in [-0.05, 0) is 6.42 Å². The molecule has 0 radical (unpaired) electrons. The Morgan fingerprint density at radius 1 is 1.47 bits per heavy atom. The van der Waals surface area contributed by atoms with Crippen molar-refractivity contribution in [1.82, 2.24) is 0 Å². The number of aliphatic hydroxyl groups is 1. The Kier molecular flexibility index (Phi) is 10.9. The van der Waals surface area contributed by atoms with Crippen molar-refractivity contribution in [2.75, 3.05) is 0 Å². The molecule has 0 aliphatic rings. The number of rotatable bonds is 4. The second-order valence-corrected chi connectivity index (χ2v) is 9.39. The van der Waals surface area contributed by atoms with Gasteiger partial charge in [0.1, 0.15) is 8.07 Å². The van der Waals surface area contributed by atoms with Gasteiger partial charge in [0.15, 0.2) is 0 Å². The van der Waals surface area contributed by atoms with Gasteiger partial charge >= 0.3 is 5.97 Å². The van der Waals surface area contributed by atoms with Gasteiger partial charge < -0.3 is 10.2 Å². The van der Waals surface area contributed by atoms with E-state index in [0.717, 1.165) is 6.42 Å². The second-order valence-electron chi connectivity index (χ2n) is 4.64. The summed E-state index contributed by atoms with van der Waals surface area (Å²) in [6.07, 6.45) is 2.87. The topological polar surface area (TPSA) is 57.5 Å². The number of hydrogen-bond acceptors (Lipinski definition) is 2. The fourth-order valence-corrected chi connectivity index (χ4v) is 1.32. The normalized spacial score (nSPS) is 11.4. The fourth-order valence-electron chi connectivity index (χ4n) is 0.666. The van der Waals surface area contributed by atoms with Crippen molar-refractivity contribution in [2.24, 2.45) is 0 Å². The van der Waals surface area contributed by atoms with E-state index in [1.807, 2.05) is 0 Å². The summed E-state index contributed by atoms with van der Waals surface area (Å²) in [6.45, 7) is 11.7. The van der Waals surface area contributed by atoms with Crippen LogP contribution in [0, 0.1) is 11.5 Å². The Bertz CT molecular complexity index is 281. The molecule has 0 aliphatic heterocycles. The predicted molar refractivity (Wildman–Crippen MR) is 74.5 cm³/mol. The molecule has 4 heteroatoms. The van der Waals surface area contributed by atoms with Crippen LogP contribution >= 0.6 is 0 Å². The molecule has 3 nitrogen and oxygen atoms in total. The van der Waals surface area contributed by atoms with Crippen LogP contribution in [0.15, 0.2) is 12.7 Å². The van der Waals surface area contributed by atoms with E-state index in [4.69, 9.17) is 10.2 Å². The maximum atomic E-state index is 9.37. The molecule has 17 heavy (non-hydrogen) atoms. The molecule has 0 aliphatic carbocycles. The van der Waals surface area contributed by atoms with Gasteiger partial charge in [0.25, 0.3) is 0 Å². The zero-order valence-electron chi connectivity index (χ0n) is 11.3. The van der Waals surface area contributed by atoms with E-state index >= 15 is 0 Å². The van der Waals surface area contributed by atoms with Gasteiger partial charge in [-0.1, -0.05) is 32.6 Å². The van der Waals surface area contributed by atoms with Crippen LogP contribution in [0.25, 0.3) is 0 Å². The van der Waals surface area contributed by atoms with Crippen LogP contribution in [0.4, 0.5) is 0 Å². The Labute approximate surface area is 106 Å². The quantitative estimate of drug-likeness (QED) is 0.462. The van der Waals surface area contributed by atoms with Crippen LogP contribution < -0.4 is 0 Å². The van der Waals surface area contributed by atoms with Crippen molar-refractivity contribution in [3.63, 3.8) is 0 Å². The third-order valence-electron chi connectivity index (χ3n) is 1.60. The average Bonchev–Trinajstić information content (AvgIpc) is 2.23. The second kappa shape index (κ2) is 10.1. The summed E-state index contributed by atoms with van der Waals surface area (Å²) < 4.78 is 0. The van der Waals surface area contributed by atoms with Crippen molar-refractivity contribution in [3.05, 3.63) is 12.7 Å². The van der Waals surface area contributed by atoms with E-state index in [0.29, 0.717) is 6.42 Å². The zero-order chi connectivity index (χ0) is 13.9.